The molecular weight excluding hydrogens is 442 g/mol. The van der Waals surface area contributed by atoms with Gasteiger partial charge in [-0.05, 0) is 60.8 Å². The van der Waals surface area contributed by atoms with Crippen LogP contribution in [0.5, 0.6) is 0 Å². The number of aromatic nitrogens is 1. The summed E-state index contributed by atoms with van der Waals surface area (Å²) in [6, 6.07) is 3.57. The molecule has 1 aromatic rings. The second-order valence-electron chi connectivity index (χ2n) is 8.96. The summed E-state index contributed by atoms with van der Waals surface area (Å²) in [5.41, 5.74) is 2.19. The van der Waals surface area contributed by atoms with Gasteiger partial charge in [0.1, 0.15) is 11.8 Å². The molecule has 1 saturated carbocycles. The summed E-state index contributed by atoms with van der Waals surface area (Å²) in [4.78, 5) is 16.9. The first-order valence-electron chi connectivity index (χ1n) is 11.0. The van der Waals surface area contributed by atoms with Crippen LogP contribution >= 0.6 is 11.0 Å². The van der Waals surface area contributed by atoms with Gasteiger partial charge in [0.05, 0.1) is 5.69 Å². The van der Waals surface area contributed by atoms with E-state index in [-0.39, 0.29) is 31.0 Å². The average molecular weight is 471 g/mol. The molecule has 3 unspecified atom stereocenters. The van der Waals surface area contributed by atoms with Gasteiger partial charge in [-0.3, -0.25) is 13.9 Å². The summed E-state index contributed by atoms with van der Waals surface area (Å²) >= 11 is 0. The number of anilines is 2. The molecule has 1 amide bonds. The molecule has 3 N–H and O–H groups in total. The second kappa shape index (κ2) is 7.82. The van der Waals surface area contributed by atoms with Gasteiger partial charge in [-0.15, -0.1) is 0 Å². The number of rotatable bonds is 5. The van der Waals surface area contributed by atoms with Crippen molar-refractivity contribution in [2.75, 3.05) is 28.8 Å². The highest BCUT2D eigenvalue weighted by Crippen LogP contribution is 2.62. The highest BCUT2D eigenvalue weighted by Gasteiger charge is 2.59. The van der Waals surface area contributed by atoms with Gasteiger partial charge in [0.2, 0.25) is 5.91 Å². The molecule has 8 nitrogen and oxygen atoms in total. The summed E-state index contributed by atoms with van der Waals surface area (Å²) < 4.78 is 56.1. The zero-order chi connectivity index (χ0) is 22.7. The molecule has 5 rings (SSSR count). The molecule has 0 spiro atoms. The van der Waals surface area contributed by atoms with Gasteiger partial charge in [-0.1, -0.05) is 6.08 Å². The smallest absolute Gasteiger partial charge is 0.253 e. The van der Waals surface area contributed by atoms with Crippen molar-refractivity contribution >= 4 is 33.9 Å². The van der Waals surface area contributed by atoms with Gasteiger partial charge in [0, 0.05) is 38.6 Å². The summed E-state index contributed by atoms with van der Waals surface area (Å²) in [5, 5.41) is 3.06. The van der Waals surface area contributed by atoms with Crippen LogP contribution in [0.25, 0.3) is 5.57 Å². The lowest BCUT2D eigenvalue weighted by Gasteiger charge is -2.41. The highest BCUT2D eigenvalue weighted by molar-refractivity contribution is 8.26. The molecule has 176 valence electrons. The maximum absolute atomic E-state index is 13.4. The predicted octanol–water partition coefficient (Wildman–Crippen LogP) is 3.80. The first-order chi connectivity index (χ1) is 15.2. The van der Waals surface area contributed by atoms with Crippen LogP contribution in [0.3, 0.4) is 0 Å². The number of amides is 1. The Kier molecular flexibility index (Phi) is 5.35. The van der Waals surface area contributed by atoms with Crippen LogP contribution in [0.1, 0.15) is 44.2 Å². The monoisotopic (exact) mass is 470 g/mol. The van der Waals surface area contributed by atoms with E-state index in [0.29, 0.717) is 30.2 Å². The van der Waals surface area contributed by atoms with E-state index >= 15 is 0 Å². The number of alkyl halides is 2. The Labute approximate surface area is 187 Å². The van der Waals surface area contributed by atoms with Crippen molar-refractivity contribution in [3.63, 3.8) is 0 Å². The quantitative estimate of drug-likeness (QED) is 0.602. The fourth-order valence-corrected chi connectivity index (χ4v) is 6.03. The number of ether oxygens (including phenoxy) is 1. The number of hydrogen-bond acceptors (Lipinski definition) is 7. The summed E-state index contributed by atoms with van der Waals surface area (Å²) in [5.74, 6) is -3.29. The van der Waals surface area contributed by atoms with Gasteiger partial charge in [0.15, 0.2) is 5.82 Å². The van der Waals surface area contributed by atoms with Crippen LogP contribution in [0.15, 0.2) is 18.2 Å². The molecule has 3 heterocycles. The fraction of sp³-hybridized carbons (Fsp3) is 0.619. The van der Waals surface area contributed by atoms with E-state index in [9.17, 15) is 22.7 Å². The molecule has 0 aromatic carbocycles. The number of pyridine rings is 1. The lowest BCUT2D eigenvalue weighted by molar-refractivity contribution is -0.130. The third kappa shape index (κ3) is 3.85. The number of hydrogen-bond donors (Lipinski definition) is 3. The molecule has 0 bridgehead atoms. The molecule has 4 aliphatic rings. The van der Waals surface area contributed by atoms with Crippen molar-refractivity contribution in [2.45, 2.75) is 56.6 Å². The number of allylic oxidation sites excluding steroid dienone is 1. The molecular formula is C21H28F2N4O4S. The molecule has 32 heavy (non-hydrogen) atoms. The first-order valence-corrected chi connectivity index (χ1v) is 12.4. The Bertz CT molecular complexity index is 954. The Hall–Kier alpha value is -1.95. The van der Waals surface area contributed by atoms with Crippen LogP contribution in [-0.4, -0.2) is 58.3 Å². The van der Waals surface area contributed by atoms with Crippen LogP contribution in [0.4, 0.5) is 20.3 Å². The SMILES string of the molecule is CN1c2nc(C3=CCC(NC(=O)C4CCCO4)CC3)ccc2N(CC2CC2(F)F)S1(O)O. The number of nitrogens with zero attached hydrogens (tertiary/aromatic N) is 3. The largest absolute Gasteiger partial charge is 0.368 e. The maximum Gasteiger partial charge on any atom is 0.253 e. The van der Waals surface area contributed by atoms with E-state index in [1.54, 1.807) is 12.1 Å². The van der Waals surface area contributed by atoms with E-state index in [2.05, 4.69) is 10.3 Å². The van der Waals surface area contributed by atoms with Gasteiger partial charge >= 0.3 is 0 Å². The number of nitrogens with one attached hydrogen (secondary N) is 1. The van der Waals surface area contributed by atoms with E-state index in [4.69, 9.17) is 4.74 Å². The highest BCUT2D eigenvalue weighted by atomic mass is 32.3. The van der Waals surface area contributed by atoms with E-state index in [0.717, 1.165) is 31.3 Å². The van der Waals surface area contributed by atoms with Crippen molar-refractivity contribution in [1.82, 2.24) is 10.3 Å². The molecule has 2 fully saturated rings. The van der Waals surface area contributed by atoms with Gasteiger partial charge in [-0.2, -0.15) is 0 Å². The van der Waals surface area contributed by atoms with Crippen LogP contribution in [0.2, 0.25) is 0 Å². The molecule has 11 heteroatoms. The van der Waals surface area contributed by atoms with Gasteiger partial charge in [0.25, 0.3) is 5.92 Å². The van der Waals surface area contributed by atoms with E-state index in [1.807, 2.05) is 6.08 Å². The van der Waals surface area contributed by atoms with Crippen molar-refractivity contribution in [2.24, 2.45) is 5.92 Å². The summed E-state index contributed by atoms with van der Waals surface area (Å²) in [7, 11) is -1.90. The van der Waals surface area contributed by atoms with Crippen LogP contribution < -0.4 is 13.9 Å². The standard InChI is InChI=1S/C21H28F2N4O4S/c1-26-19-17(27(32(26,29)30)12-14-11-21(14,22)23)9-8-16(25-19)13-4-6-15(7-5-13)24-20(28)18-3-2-10-31-18/h4,8-9,14-15,18,29-30H,2-3,5-7,10-12H2,1H3,(H,24,28). The Balaban J connectivity index is 1.29. The van der Waals surface area contributed by atoms with E-state index < -0.39 is 22.8 Å². The summed E-state index contributed by atoms with van der Waals surface area (Å²) in [6.45, 7) is 0.513. The normalized spacial score (nSPS) is 31.2. The second-order valence-corrected chi connectivity index (χ2v) is 10.9. The third-order valence-corrected chi connectivity index (χ3v) is 8.58. The van der Waals surface area contributed by atoms with Crippen LogP contribution in [0, 0.1) is 5.92 Å². The number of carbonyl (C=O) groups excluding carboxylic acids is 1. The lowest BCUT2D eigenvalue weighted by Crippen LogP contribution is -2.41. The predicted molar refractivity (Wildman–Crippen MR) is 119 cm³/mol. The van der Waals surface area contributed by atoms with Gasteiger partial charge in [-0.25, -0.2) is 22.4 Å². The Morgan fingerprint density at radius 3 is 2.78 bits per heavy atom. The van der Waals surface area contributed by atoms with Gasteiger partial charge < -0.3 is 10.1 Å². The molecule has 2 aliphatic carbocycles. The van der Waals surface area contributed by atoms with E-state index in [1.165, 1.54) is 15.7 Å². The molecule has 2 aliphatic heterocycles. The fourth-order valence-electron chi connectivity index (χ4n) is 4.58. The minimum absolute atomic E-state index is 0.0480. The molecule has 3 atom stereocenters. The van der Waals surface area contributed by atoms with Crippen molar-refractivity contribution in [3.05, 3.63) is 23.9 Å². The topological polar surface area (TPSA) is 98.2 Å². The zero-order valence-corrected chi connectivity index (χ0v) is 18.7. The molecule has 1 aromatic heterocycles. The molecule has 0 radical (unpaired) electrons. The average Bonchev–Trinajstić information content (AvgIpc) is 3.10. The lowest BCUT2D eigenvalue weighted by atomic mass is 9.92. The number of halogens is 2. The maximum atomic E-state index is 13.4. The third-order valence-electron chi connectivity index (χ3n) is 6.73. The first kappa shape index (κ1) is 21.9. The zero-order valence-electron chi connectivity index (χ0n) is 17.8. The Morgan fingerprint density at radius 1 is 1.38 bits per heavy atom. The number of fused-ring (bicyclic) bond motifs is 1. The Morgan fingerprint density at radius 2 is 2.16 bits per heavy atom. The number of carbonyl (C=O) groups is 1. The van der Waals surface area contributed by atoms with Crippen LogP contribution in [-0.2, 0) is 9.53 Å². The molecule has 1 saturated heterocycles. The van der Waals surface area contributed by atoms with Crippen molar-refractivity contribution in [1.29, 1.82) is 0 Å². The summed E-state index contributed by atoms with van der Waals surface area (Å²) in [6.07, 6.45) is 5.33. The minimum atomic E-state index is -3.42. The van der Waals surface area contributed by atoms with Crippen molar-refractivity contribution < 1.29 is 27.4 Å². The van der Waals surface area contributed by atoms with Crippen molar-refractivity contribution in [3.8, 4) is 0 Å². The minimum Gasteiger partial charge on any atom is -0.368 e.